The molecule has 0 radical (unpaired) electrons. The van der Waals surface area contributed by atoms with E-state index in [1.54, 1.807) is 23.9 Å². The van der Waals surface area contributed by atoms with Crippen LogP contribution in [0.2, 0.25) is 0 Å². The summed E-state index contributed by atoms with van der Waals surface area (Å²) in [5.41, 5.74) is 2.24. The number of benzene rings is 1. The number of thioether (sulfide) groups is 1. The van der Waals surface area contributed by atoms with Crippen molar-refractivity contribution >= 4 is 17.3 Å². The van der Waals surface area contributed by atoms with Crippen molar-refractivity contribution in [3.63, 3.8) is 0 Å². The van der Waals surface area contributed by atoms with Crippen LogP contribution in [0.15, 0.2) is 29.7 Å². The first-order valence-corrected chi connectivity index (χ1v) is 4.98. The van der Waals surface area contributed by atoms with Gasteiger partial charge in [0.1, 0.15) is 5.82 Å². The summed E-state index contributed by atoms with van der Waals surface area (Å²) in [7, 11) is 0. The molecule has 0 nitrogen and oxygen atoms in total. The lowest BCUT2D eigenvalue weighted by molar-refractivity contribution is 0.627. The zero-order chi connectivity index (χ0) is 8.97. The SMILES string of the molecule is CSC=C(C)c1ccc(F)cc1. The van der Waals surface area contributed by atoms with E-state index in [1.807, 2.05) is 18.6 Å². The van der Waals surface area contributed by atoms with Gasteiger partial charge in [0.25, 0.3) is 0 Å². The Labute approximate surface area is 76.5 Å². The van der Waals surface area contributed by atoms with Gasteiger partial charge in [0.2, 0.25) is 0 Å². The molecule has 0 spiro atoms. The molecule has 0 aliphatic heterocycles. The normalized spacial score (nSPS) is 11.8. The van der Waals surface area contributed by atoms with Crippen LogP contribution in [-0.4, -0.2) is 6.26 Å². The van der Waals surface area contributed by atoms with E-state index in [9.17, 15) is 4.39 Å². The second kappa shape index (κ2) is 4.31. The van der Waals surface area contributed by atoms with Crippen LogP contribution in [0.5, 0.6) is 0 Å². The Balaban J connectivity index is 2.89. The summed E-state index contributed by atoms with van der Waals surface area (Å²) in [6.45, 7) is 2.02. The van der Waals surface area contributed by atoms with Gasteiger partial charge in [-0.05, 0) is 41.9 Å². The van der Waals surface area contributed by atoms with Gasteiger partial charge in [-0.25, -0.2) is 4.39 Å². The van der Waals surface area contributed by atoms with Crippen LogP contribution in [0.4, 0.5) is 4.39 Å². The second-order valence-electron chi connectivity index (χ2n) is 2.54. The maximum atomic E-state index is 12.5. The van der Waals surface area contributed by atoms with Crippen molar-refractivity contribution in [2.24, 2.45) is 0 Å². The molecule has 0 unspecified atom stereocenters. The molecule has 64 valence electrons. The number of halogens is 1. The van der Waals surface area contributed by atoms with E-state index in [0.717, 1.165) is 5.56 Å². The highest BCUT2D eigenvalue weighted by atomic mass is 32.2. The molecule has 1 rings (SSSR count). The monoisotopic (exact) mass is 182 g/mol. The van der Waals surface area contributed by atoms with Crippen molar-refractivity contribution in [3.05, 3.63) is 41.1 Å². The molecular formula is C10H11FS. The van der Waals surface area contributed by atoms with Gasteiger partial charge in [-0.1, -0.05) is 12.1 Å². The summed E-state index contributed by atoms with van der Waals surface area (Å²) >= 11 is 1.65. The third-order valence-corrected chi connectivity index (χ3v) is 2.18. The summed E-state index contributed by atoms with van der Waals surface area (Å²) in [5, 5.41) is 2.05. The van der Waals surface area contributed by atoms with Crippen LogP contribution in [0.1, 0.15) is 12.5 Å². The van der Waals surface area contributed by atoms with Crippen molar-refractivity contribution in [2.45, 2.75) is 6.92 Å². The molecule has 0 fully saturated rings. The minimum absolute atomic E-state index is 0.185. The second-order valence-corrected chi connectivity index (χ2v) is 3.25. The highest BCUT2D eigenvalue weighted by Gasteiger charge is 1.94. The Bertz CT molecular complexity index is 274. The Morgan fingerprint density at radius 1 is 1.33 bits per heavy atom. The van der Waals surface area contributed by atoms with Crippen LogP contribution in [-0.2, 0) is 0 Å². The van der Waals surface area contributed by atoms with Gasteiger partial charge in [-0.15, -0.1) is 11.8 Å². The molecule has 0 saturated heterocycles. The minimum atomic E-state index is -0.185. The first-order chi connectivity index (χ1) is 5.74. The van der Waals surface area contributed by atoms with E-state index in [4.69, 9.17) is 0 Å². The summed E-state index contributed by atoms with van der Waals surface area (Å²) in [4.78, 5) is 0. The average molecular weight is 182 g/mol. The molecule has 0 N–H and O–H groups in total. The molecule has 12 heavy (non-hydrogen) atoms. The zero-order valence-electron chi connectivity index (χ0n) is 7.17. The van der Waals surface area contributed by atoms with Gasteiger partial charge in [0.15, 0.2) is 0 Å². The molecule has 0 atom stereocenters. The first-order valence-electron chi connectivity index (χ1n) is 3.69. The molecule has 1 aromatic carbocycles. The summed E-state index contributed by atoms with van der Waals surface area (Å²) in [5.74, 6) is -0.185. The van der Waals surface area contributed by atoms with Gasteiger partial charge in [-0.2, -0.15) is 0 Å². The molecule has 0 amide bonds. The third-order valence-electron chi connectivity index (χ3n) is 1.59. The Morgan fingerprint density at radius 3 is 2.42 bits per heavy atom. The molecule has 0 aromatic heterocycles. The van der Waals surface area contributed by atoms with Gasteiger partial charge >= 0.3 is 0 Å². The number of hydrogen-bond donors (Lipinski definition) is 0. The maximum Gasteiger partial charge on any atom is 0.123 e. The molecule has 0 aliphatic rings. The smallest absolute Gasteiger partial charge is 0.123 e. The largest absolute Gasteiger partial charge is 0.207 e. The Kier molecular flexibility index (Phi) is 3.35. The summed E-state index contributed by atoms with van der Waals surface area (Å²) in [6.07, 6.45) is 2.01. The highest BCUT2D eigenvalue weighted by Crippen LogP contribution is 2.16. The van der Waals surface area contributed by atoms with Crippen molar-refractivity contribution in [1.82, 2.24) is 0 Å². The van der Waals surface area contributed by atoms with Gasteiger partial charge in [0, 0.05) is 0 Å². The number of allylic oxidation sites excluding steroid dienone is 1. The number of hydrogen-bond acceptors (Lipinski definition) is 1. The quantitative estimate of drug-likeness (QED) is 0.674. The lowest BCUT2D eigenvalue weighted by atomic mass is 10.1. The molecule has 0 heterocycles. The third kappa shape index (κ3) is 2.38. The van der Waals surface area contributed by atoms with Crippen LogP contribution in [0, 0.1) is 5.82 Å². The predicted octanol–water partition coefficient (Wildman–Crippen LogP) is 3.55. The van der Waals surface area contributed by atoms with E-state index in [0.29, 0.717) is 0 Å². The van der Waals surface area contributed by atoms with E-state index in [-0.39, 0.29) is 5.82 Å². The Morgan fingerprint density at radius 2 is 1.92 bits per heavy atom. The van der Waals surface area contributed by atoms with Crippen LogP contribution >= 0.6 is 11.8 Å². The average Bonchev–Trinajstić information content (AvgIpc) is 2.06. The lowest BCUT2D eigenvalue weighted by Gasteiger charge is -1.99. The van der Waals surface area contributed by atoms with E-state index >= 15 is 0 Å². The van der Waals surface area contributed by atoms with Crippen molar-refractivity contribution in [3.8, 4) is 0 Å². The minimum Gasteiger partial charge on any atom is -0.207 e. The molecule has 0 aliphatic carbocycles. The molecule has 0 bridgehead atoms. The van der Waals surface area contributed by atoms with Crippen LogP contribution in [0.3, 0.4) is 0 Å². The van der Waals surface area contributed by atoms with Crippen LogP contribution in [0.25, 0.3) is 5.57 Å². The van der Waals surface area contributed by atoms with Crippen LogP contribution < -0.4 is 0 Å². The Hall–Kier alpha value is -0.760. The summed E-state index contributed by atoms with van der Waals surface area (Å²) in [6, 6.07) is 6.54. The number of rotatable bonds is 2. The van der Waals surface area contributed by atoms with Gasteiger partial charge in [-0.3, -0.25) is 0 Å². The molecule has 1 aromatic rings. The fourth-order valence-corrected chi connectivity index (χ4v) is 1.45. The highest BCUT2D eigenvalue weighted by molar-refractivity contribution is 8.01. The molecule has 2 heteroatoms. The predicted molar refractivity (Wildman–Crippen MR) is 53.6 cm³/mol. The van der Waals surface area contributed by atoms with Gasteiger partial charge in [0.05, 0.1) is 0 Å². The standard InChI is InChI=1S/C10H11FS/c1-8(7-12-2)9-3-5-10(11)6-4-9/h3-7H,1-2H3. The van der Waals surface area contributed by atoms with Crippen molar-refractivity contribution < 1.29 is 4.39 Å². The summed E-state index contributed by atoms with van der Waals surface area (Å²) < 4.78 is 12.5. The molecular weight excluding hydrogens is 171 g/mol. The lowest BCUT2D eigenvalue weighted by Crippen LogP contribution is -1.79. The van der Waals surface area contributed by atoms with Crippen molar-refractivity contribution in [2.75, 3.05) is 6.26 Å². The van der Waals surface area contributed by atoms with E-state index < -0.39 is 0 Å². The molecule has 0 saturated carbocycles. The zero-order valence-corrected chi connectivity index (χ0v) is 7.99. The topological polar surface area (TPSA) is 0 Å². The van der Waals surface area contributed by atoms with Gasteiger partial charge < -0.3 is 0 Å². The fraction of sp³-hybridized carbons (Fsp3) is 0.200. The van der Waals surface area contributed by atoms with Crippen molar-refractivity contribution in [1.29, 1.82) is 0 Å². The maximum absolute atomic E-state index is 12.5. The first kappa shape index (κ1) is 9.33. The van der Waals surface area contributed by atoms with E-state index in [2.05, 4.69) is 0 Å². The van der Waals surface area contributed by atoms with E-state index in [1.165, 1.54) is 17.7 Å². The fourth-order valence-electron chi connectivity index (χ4n) is 0.958.